The average molecular weight is 481 g/mol. The first-order chi connectivity index (χ1) is 14.8. The van der Waals surface area contributed by atoms with Crippen LogP contribution in [-0.4, -0.2) is 44.0 Å². The Kier molecular flexibility index (Phi) is 16.0. The average Bonchev–Trinajstić information content (AvgIpc) is 3.30. The van der Waals surface area contributed by atoms with E-state index in [1.807, 2.05) is 29.8 Å². The summed E-state index contributed by atoms with van der Waals surface area (Å²) in [5, 5.41) is 2.99. The predicted octanol–water partition coefficient (Wildman–Crippen LogP) is 3.44. The van der Waals surface area contributed by atoms with Gasteiger partial charge < -0.3 is 15.3 Å². The summed E-state index contributed by atoms with van der Waals surface area (Å²) in [5.74, 6) is -1.01. The van der Waals surface area contributed by atoms with E-state index >= 15 is 0 Å². The van der Waals surface area contributed by atoms with Gasteiger partial charge in [0.15, 0.2) is 0 Å². The fourth-order valence-corrected chi connectivity index (χ4v) is 2.32. The van der Waals surface area contributed by atoms with Crippen LogP contribution in [0, 0.1) is 0 Å². The Labute approximate surface area is 194 Å². The third-order valence-electron chi connectivity index (χ3n) is 2.64. The van der Waals surface area contributed by atoms with Gasteiger partial charge in [0, 0.05) is 61.3 Å². The second-order valence-corrected chi connectivity index (χ2v) is 6.73. The van der Waals surface area contributed by atoms with Crippen molar-refractivity contribution in [2.75, 3.05) is 5.88 Å². The molecule has 0 aliphatic rings. The normalized spacial score (nSPS) is 8.61. The van der Waals surface area contributed by atoms with Crippen LogP contribution >= 0.6 is 35.2 Å². The highest BCUT2D eigenvalue weighted by atomic mass is 35.5. The van der Waals surface area contributed by atoms with Gasteiger partial charge in [-0.3, -0.25) is 19.6 Å². The zero-order valence-corrected chi connectivity index (χ0v) is 19.2. The molecule has 3 rings (SSSR count). The summed E-state index contributed by atoms with van der Waals surface area (Å²) >= 11 is 11.1. The van der Waals surface area contributed by atoms with Crippen LogP contribution in [-0.2, 0) is 19.1 Å². The van der Waals surface area contributed by atoms with E-state index in [1.165, 1.54) is 13.8 Å². The molecule has 11 heteroatoms. The number of ether oxygens (including phenoxy) is 1. The van der Waals surface area contributed by atoms with E-state index in [9.17, 15) is 9.59 Å². The summed E-state index contributed by atoms with van der Waals surface area (Å²) in [4.78, 5) is 41.1. The van der Waals surface area contributed by atoms with Crippen molar-refractivity contribution in [3.05, 3.63) is 66.2 Å². The molecule has 0 aliphatic heterocycles. The molecular formula is C20H21ClN4O4S2. The Morgan fingerprint density at radius 1 is 1.13 bits per heavy atom. The maximum absolute atomic E-state index is 9.81. The standard InChI is InChI=1S/C8H6N2S.C6H6N2S.C4H6O3.C2H3ClO/c1-2-7(6-9-3-1)8-10-4-5-11-8;7-6(9)5-2-1-3-8-4-5;1-3(5)7-4(2)6;3-1-2-4/h1-6H;1-4H,(H2,7,9);1-2H3;2H,1H2. The largest absolute Gasteiger partial charge is 0.394 e. The van der Waals surface area contributed by atoms with Gasteiger partial charge in [-0.2, -0.15) is 0 Å². The molecule has 0 atom stereocenters. The van der Waals surface area contributed by atoms with E-state index in [1.54, 1.807) is 42.2 Å². The number of alkyl halides is 1. The number of rotatable bonds is 3. The Morgan fingerprint density at radius 2 is 1.71 bits per heavy atom. The second kappa shape index (κ2) is 17.8. The summed E-state index contributed by atoms with van der Waals surface area (Å²) in [6, 6.07) is 7.55. The predicted molar refractivity (Wildman–Crippen MR) is 125 cm³/mol. The van der Waals surface area contributed by atoms with Gasteiger partial charge in [0.1, 0.15) is 16.3 Å². The molecule has 0 unspecified atom stereocenters. The summed E-state index contributed by atoms with van der Waals surface area (Å²) < 4.78 is 3.97. The van der Waals surface area contributed by atoms with Crippen LogP contribution in [0.15, 0.2) is 60.6 Å². The molecule has 0 saturated carbocycles. The topological polar surface area (TPSA) is 125 Å². The number of aldehydes is 1. The molecule has 0 saturated heterocycles. The number of thiazole rings is 1. The summed E-state index contributed by atoms with van der Waals surface area (Å²) in [7, 11) is 0. The number of halogens is 1. The SMILES string of the molecule is CC(=O)OC(C)=O.NC(=S)c1cccnc1.O=CCCl.c1cncc(-c2nccs2)c1. The van der Waals surface area contributed by atoms with Crippen LogP contribution in [0.25, 0.3) is 10.6 Å². The molecule has 8 nitrogen and oxygen atoms in total. The van der Waals surface area contributed by atoms with Crippen molar-refractivity contribution in [1.29, 1.82) is 0 Å². The van der Waals surface area contributed by atoms with Gasteiger partial charge in [0.05, 0.1) is 5.88 Å². The van der Waals surface area contributed by atoms with E-state index in [2.05, 4.69) is 19.7 Å². The Bertz CT molecular complexity index is 899. The summed E-state index contributed by atoms with van der Waals surface area (Å²) in [6.45, 7) is 2.36. The highest BCUT2D eigenvalue weighted by Gasteiger charge is 1.97. The second-order valence-electron chi connectivity index (χ2n) is 5.09. The van der Waals surface area contributed by atoms with Crippen LogP contribution in [0.3, 0.4) is 0 Å². The Hall–Kier alpha value is -3.08. The van der Waals surface area contributed by atoms with Crippen molar-refractivity contribution < 1.29 is 19.1 Å². The highest BCUT2D eigenvalue weighted by Crippen LogP contribution is 2.19. The first-order valence-corrected chi connectivity index (χ1v) is 10.3. The first-order valence-electron chi connectivity index (χ1n) is 8.50. The van der Waals surface area contributed by atoms with E-state index < -0.39 is 11.9 Å². The van der Waals surface area contributed by atoms with Crippen LogP contribution in [0.1, 0.15) is 19.4 Å². The molecule has 164 valence electrons. The number of hydrogen-bond donors (Lipinski definition) is 1. The lowest BCUT2D eigenvalue weighted by molar-refractivity contribution is -0.156. The molecule has 0 aromatic carbocycles. The molecule has 31 heavy (non-hydrogen) atoms. The highest BCUT2D eigenvalue weighted by molar-refractivity contribution is 7.80. The minimum absolute atomic E-state index is 0.111. The van der Waals surface area contributed by atoms with Gasteiger partial charge in [-0.05, 0) is 24.3 Å². The Balaban J connectivity index is 0.000000411. The Morgan fingerprint density at radius 3 is 2.00 bits per heavy atom. The quantitative estimate of drug-likeness (QED) is 0.197. The number of carbonyl (C=O) groups excluding carboxylic acids is 3. The molecule has 0 amide bonds. The van der Waals surface area contributed by atoms with Crippen LogP contribution in [0.5, 0.6) is 0 Å². The molecular weight excluding hydrogens is 460 g/mol. The first kappa shape index (κ1) is 27.9. The fourth-order valence-electron chi connectivity index (χ4n) is 1.57. The van der Waals surface area contributed by atoms with E-state index in [0.29, 0.717) is 11.3 Å². The maximum Gasteiger partial charge on any atom is 0.310 e. The molecule has 0 bridgehead atoms. The monoisotopic (exact) mass is 480 g/mol. The van der Waals surface area contributed by atoms with Crippen LogP contribution in [0.2, 0.25) is 0 Å². The van der Waals surface area contributed by atoms with Gasteiger partial charge in [-0.25, -0.2) is 4.98 Å². The van der Waals surface area contributed by atoms with Crippen molar-refractivity contribution in [3.8, 4) is 10.6 Å². The van der Waals surface area contributed by atoms with E-state index in [0.717, 1.165) is 16.1 Å². The lowest BCUT2D eigenvalue weighted by Crippen LogP contribution is -2.08. The van der Waals surface area contributed by atoms with Gasteiger partial charge in [-0.15, -0.1) is 22.9 Å². The molecule has 0 fully saturated rings. The van der Waals surface area contributed by atoms with Crippen molar-refractivity contribution in [2.24, 2.45) is 5.73 Å². The van der Waals surface area contributed by atoms with Gasteiger partial charge in [0.2, 0.25) is 0 Å². The smallest absolute Gasteiger partial charge is 0.310 e. The summed E-state index contributed by atoms with van der Waals surface area (Å²) in [5.41, 5.74) is 7.20. The van der Waals surface area contributed by atoms with Gasteiger partial charge in [0.25, 0.3) is 0 Å². The lowest BCUT2D eigenvalue weighted by atomic mass is 10.3. The molecule has 0 radical (unpaired) electrons. The van der Waals surface area contributed by atoms with Crippen molar-refractivity contribution in [3.63, 3.8) is 0 Å². The minimum Gasteiger partial charge on any atom is -0.394 e. The van der Waals surface area contributed by atoms with E-state index in [4.69, 9.17) is 34.3 Å². The number of pyridine rings is 2. The number of esters is 2. The third kappa shape index (κ3) is 15.4. The van der Waals surface area contributed by atoms with Gasteiger partial charge >= 0.3 is 11.9 Å². The number of carbonyl (C=O) groups is 3. The molecule has 0 spiro atoms. The minimum atomic E-state index is -0.562. The molecule has 3 heterocycles. The number of nitrogens with zero attached hydrogens (tertiary/aromatic N) is 3. The van der Waals surface area contributed by atoms with Crippen LogP contribution < -0.4 is 5.73 Å². The summed E-state index contributed by atoms with van der Waals surface area (Å²) in [6.07, 6.45) is 9.34. The maximum atomic E-state index is 9.81. The fraction of sp³-hybridized carbons (Fsp3) is 0.150. The number of aromatic nitrogens is 3. The molecule has 3 aromatic rings. The zero-order chi connectivity index (χ0) is 23.5. The molecule has 3 aromatic heterocycles. The van der Waals surface area contributed by atoms with Crippen molar-refractivity contribution in [1.82, 2.24) is 15.0 Å². The van der Waals surface area contributed by atoms with Crippen molar-refractivity contribution >= 4 is 58.4 Å². The van der Waals surface area contributed by atoms with Crippen molar-refractivity contribution in [2.45, 2.75) is 13.8 Å². The number of thiocarbonyl (C=S) groups is 1. The lowest BCUT2D eigenvalue weighted by Gasteiger charge is -1.92. The van der Waals surface area contributed by atoms with Gasteiger partial charge in [-0.1, -0.05) is 12.2 Å². The molecule has 0 aliphatic carbocycles. The number of nitrogens with two attached hydrogens (primary N) is 1. The van der Waals surface area contributed by atoms with E-state index in [-0.39, 0.29) is 5.88 Å². The van der Waals surface area contributed by atoms with Crippen LogP contribution in [0.4, 0.5) is 0 Å². The molecule has 2 N–H and O–H groups in total. The third-order valence-corrected chi connectivity index (χ3v) is 3.82. The number of hydrogen-bond acceptors (Lipinski definition) is 9. The zero-order valence-electron chi connectivity index (χ0n) is 16.8.